The van der Waals surface area contributed by atoms with E-state index in [1.165, 1.54) is 11.8 Å². The maximum absolute atomic E-state index is 12.8. The first-order chi connectivity index (χ1) is 14.3. The fraction of sp³-hybridized carbons (Fsp3) is 0.857. The molecule has 7 nitrogen and oxygen atoms in total. The highest BCUT2D eigenvalue weighted by Gasteiger charge is 2.42. The van der Waals surface area contributed by atoms with E-state index in [4.69, 9.17) is 31.2 Å². The lowest BCUT2D eigenvalue weighted by Gasteiger charge is -2.32. The lowest BCUT2D eigenvalue weighted by Crippen LogP contribution is -2.41. The van der Waals surface area contributed by atoms with Crippen LogP contribution in [0.1, 0.15) is 34.1 Å². The average molecular weight is 477 g/mol. The van der Waals surface area contributed by atoms with Crippen molar-refractivity contribution >= 4 is 47.4 Å². The Morgan fingerprint density at radius 1 is 1.00 bits per heavy atom. The predicted molar refractivity (Wildman–Crippen MR) is 131 cm³/mol. The smallest absolute Gasteiger partial charge is 0.321 e. The first kappa shape index (κ1) is 30.3. The van der Waals surface area contributed by atoms with Gasteiger partial charge in [-0.3, -0.25) is 9.59 Å². The average Bonchev–Trinajstić information content (AvgIpc) is 2.67. The molecule has 179 valence electrons. The van der Waals surface area contributed by atoms with Gasteiger partial charge in [0.15, 0.2) is 0 Å². The molecule has 0 aliphatic heterocycles. The van der Waals surface area contributed by atoms with Crippen molar-refractivity contribution in [3.05, 3.63) is 0 Å². The minimum atomic E-state index is -0.933. The molecule has 31 heavy (non-hydrogen) atoms. The highest BCUT2D eigenvalue weighted by Crippen LogP contribution is 2.38. The molecule has 0 saturated carbocycles. The van der Waals surface area contributed by atoms with Crippen LogP contribution in [0.3, 0.4) is 0 Å². The minimum absolute atomic E-state index is 0.146. The van der Waals surface area contributed by atoms with E-state index in [0.29, 0.717) is 47.8 Å². The molecule has 2 atom stereocenters. The molecule has 0 bridgehead atoms. The number of likely N-dealkylation sites (N-methyl/N-ethyl adjacent to an activating group) is 1. The van der Waals surface area contributed by atoms with E-state index in [9.17, 15) is 9.59 Å². The van der Waals surface area contributed by atoms with Gasteiger partial charge in [-0.1, -0.05) is 32.4 Å². The Bertz CT molecular complexity index is 587. The molecule has 0 amide bonds. The number of esters is 2. The van der Waals surface area contributed by atoms with E-state index in [2.05, 4.69) is 0 Å². The molecule has 0 aliphatic rings. The van der Waals surface area contributed by atoms with Crippen LogP contribution in [0.4, 0.5) is 0 Å². The standard InChI is InChI=1S/C21H40BNO6S2/c1-9-20(3,18(24)28-11-10-23(5,6)7)22-16-21(4,31-17(2)30)19(25)29-15-14-27-13-12-26-8/h9-16H2,1-8H3/q+1. The van der Waals surface area contributed by atoms with Crippen molar-refractivity contribution in [3.63, 3.8) is 0 Å². The summed E-state index contributed by atoms with van der Waals surface area (Å²) in [5.41, 5.74) is 0. The molecule has 0 fully saturated rings. The number of rotatable bonds is 16. The highest BCUT2D eigenvalue weighted by atomic mass is 32.2. The van der Waals surface area contributed by atoms with Gasteiger partial charge >= 0.3 is 11.9 Å². The van der Waals surface area contributed by atoms with E-state index in [0.717, 1.165) is 6.54 Å². The molecule has 0 rings (SSSR count). The van der Waals surface area contributed by atoms with Gasteiger partial charge in [-0.25, -0.2) is 0 Å². The van der Waals surface area contributed by atoms with Gasteiger partial charge in [-0.05, 0) is 20.3 Å². The number of ether oxygens (including phenoxy) is 4. The monoisotopic (exact) mass is 477 g/mol. The second-order valence-electron chi connectivity index (χ2n) is 8.89. The maximum Gasteiger partial charge on any atom is 0.321 e. The number of thioether (sulfide) groups is 1. The number of thiocarbonyl (C=S) groups is 1. The Balaban J connectivity index is 4.95. The van der Waals surface area contributed by atoms with Crippen molar-refractivity contribution in [1.29, 1.82) is 0 Å². The Labute approximate surface area is 198 Å². The van der Waals surface area contributed by atoms with Crippen molar-refractivity contribution in [2.45, 2.75) is 50.5 Å². The van der Waals surface area contributed by atoms with Crippen molar-refractivity contribution in [1.82, 2.24) is 0 Å². The van der Waals surface area contributed by atoms with E-state index in [1.54, 1.807) is 21.0 Å². The summed E-state index contributed by atoms with van der Waals surface area (Å²) in [6.45, 7) is 9.78. The number of methoxy groups -OCH3 is 1. The summed E-state index contributed by atoms with van der Waals surface area (Å²) in [4.78, 5) is 25.6. The molecule has 1 radical (unpaired) electrons. The molecular weight excluding hydrogens is 437 g/mol. The SMILES string of the molecule is CCC(C)([B]CC(C)(SC(C)=S)C(=O)OCCOCCOC)C(=O)OCC[N+](C)(C)C. The third-order valence-electron chi connectivity index (χ3n) is 4.83. The van der Waals surface area contributed by atoms with Gasteiger partial charge < -0.3 is 23.4 Å². The third kappa shape index (κ3) is 12.8. The van der Waals surface area contributed by atoms with Crippen LogP contribution < -0.4 is 0 Å². The molecule has 0 saturated heterocycles. The zero-order valence-corrected chi connectivity index (χ0v) is 22.1. The van der Waals surface area contributed by atoms with Crippen LogP contribution in [0, 0.1) is 0 Å². The minimum Gasteiger partial charge on any atom is -0.462 e. The second kappa shape index (κ2) is 14.5. The summed E-state index contributed by atoms with van der Waals surface area (Å²) in [5, 5.41) is -0.800. The van der Waals surface area contributed by atoms with Crippen LogP contribution >= 0.6 is 24.0 Å². The van der Waals surface area contributed by atoms with Gasteiger partial charge in [-0.2, -0.15) is 0 Å². The van der Waals surface area contributed by atoms with Crippen LogP contribution in [0.2, 0.25) is 11.6 Å². The summed E-state index contributed by atoms with van der Waals surface area (Å²) in [5.74, 6) is -0.667. The predicted octanol–water partition coefficient (Wildman–Crippen LogP) is 2.99. The molecule has 0 N–H and O–H groups in total. The number of quaternary nitrogens is 1. The summed E-state index contributed by atoms with van der Waals surface area (Å²) in [6.07, 6.45) is 0.889. The number of carbonyl (C=O) groups is 2. The van der Waals surface area contributed by atoms with Gasteiger partial charge in [0.25, 0.3) is 0 Å². The zero-order valence-electron chi connectivity index (χ0n) is 20.4. The van der Waals surface area contributed by atoms with Crippen LogP contribution in [0.15, 0.2) is 0 Å². The summed E-state index contributed by atoms with van der Waals surface area (Å²) in [7, 11) is 9.60. The molecule has 0 aromatic carbocycles. The van der Waals surface area contributed by atoms with Gasteiger partial charge in [0, 0.05) is 16.6 Å². The molecule has 0 heterocycles. The maximum atomic E-state index is 12.8. The van der Waals surface area contributed by atoms with Crippen molar-refractivity contribution in [3.8, 4) is 0 Å². The molecule has 0 aliphatic carbocycles. The second-order valence-corrected chi connectivity index (χ2v) is 11.5. The van der Waals surface area contributed by atoms with Crippen molar-refractivity contribution < 1.29 is 33.0 Å². The van der Waals surface area contributed by atoms with E-state index in [1.807, 2.05) is 42.3 Å². The third-order valence-corrected chi connectivity index (χ3v) is 6.15. The Morgan fingerprint density at radius 3 is 2.10 bits per heavy atom. The van der Waals surface area contributed by atoms with E-state index in [-0.39, 0.29) is 18.5 Å². The fourth-order valence-corrected chi connectivity index (χ4v) is 3.94. The van der Waals surface area contributed by atoms with Crippen LogP contribution in [0.25, 0.3) is 0 Å². The van der Waals surface area contributed by atoms with Gasteiger partial charge in [-0.15, -0.1) is 11.8 Å². The number of hydrogen-bond donors (Lipinski definition) is 0. The van der Waals surface area contributed by atoms with Crippen LogP contribution in [-0.4, -0.2) is 100 Å². The van der Waals surface area contributed by atoms with Crippen molar-refractivity contribution in [2.75, 3.05) is 67.8 Å². The lowest BCUT2D eigenvalue weighted by atomic mass is 9.48. The normalized spacial score (nSPS) is 15.5. The number of nitrogens with zero attached hydrogens (tertiary/aromatic N) is 1. The zero-order chi connectivity index (χ0) is 24.1. The van der Waals surface area contributed by atoms with Gasteiger partial charge in [0.2, 0.25) is 0 Å². The van der Waals surface area contributed by atoms with E-state index < -0.39 is 10.1 Å². The van der Waals surface area contributed by atoms with Gasteiger partial charge in [0.1, 0.15) is 31.8 Å². The topological polar surface area (TPSA) is 71.1 Å². The Morgan fingerprint density at radius 2 is 1.58 bits per heavy atom. The molecule has 0 aromatic rings. The lowest BCUT2D eigenvalue weighted by molar-refractivity contribution is -0.870. The Kier molecular flexibility index (Phi) is 14.2. The number of carbonyl (C=O) groups excluding carboxylic acids is 2. The summed E-state index contributed by atoms with van der Waals surface area (Å²) >= 11 is 6.51. The molecule has 0 aromatic heterocycles. The van der Waals surface area contributed by atoms with Gasteiger partial charge in [0.05, 0.1) is 41.0 Å². The molecular formula is C21H40BNO6S2+. The Hall–Kier alpha value is -0.675. The summed E-state index contributed by atoms with van der Waals surface area (Å²) in [6, 6.07) is 0. The highest BCUT2D eigenvalue weighted by molar-refractivity contribution is 8.24. The van der Waals surface area contributed by atoms with Crippen molar-refractivity contribution in [2.24, 2.45) is 0 Å². The molecule has 2 unspecified atom stereocenters. The first-order valence-corrected chi connectivity index (χ1v) is 11.8. The van der Waals surface area contributed by atoms with Crippen LogP contribution in [0.5, 0.6) is 0 Å². The first-order valence-electron chi connectivity index (χ1n) is 10.5. The van der Waals surface area contributed by atoms with E-state index >= 15 is 0 Å². The number of hydrogen-bond acceptors (Lipinski definition) is 8. The summed E-state index contributed by atoms with van der Waals surface area (Å²) < 4.78 is 21.6. The largest absolute Gasteiger partial charge is 0.462 e. The fourth-order valence-electron chi connectivity index (χ4n) is 2.44. The van der Waals surface area contributed by atoms with Crippen LogP contribution in [-0.2, 0) is 28.5 Å². The quantitative estimate of drug-likeness (QED) is 0.111. The molecule has 10 heteroatoms. The molecule has 0 spiro atoms.